The number of benzene rings is 2. The topological polar surface area (TPSA) is 73.2 Å². The molecule has 0 unspecified atom stereocenters. The lowest BCUT2D eigenvalue weighted by molar-refractivity contribution is 0.0946. The SMILES string of the molecule is CCn1nc(C(=O)NCCc2ccc(OC)cc2)c(=O)c2cc(F)ccc21. The zero-order valence-corrected chi connectivity index (χ0v) is 15.2. The van der Waals surface area contributed by atoms with Gasteiger partial charge in [-0.3, -0.25) is 14.3 Å². The Kier molecular flexibility index (Phi) is 5.49. The van der Waals surface area contributed by atoms with Gasteiger partial charge in [0.05, 0.1) is 18.0 Å². The maximum Gasteiger partial charge on any atom is 0.275 e. The monoisotopic (exact) mass is 369 g/mol. The third-order valence-corrected chi connectivity index (χ3v) is 4.29. The molecular weight excluding hydrogens is 349 g/mol. The second-order valence-electron chi connectivity index (χ2n) is 6.01. The van der Waals surface area contributed by atoms with Gasteiger partial charge in [0, 0.05) is 13.1 Å². The quantitative estimate of drug-likeness (QED) is 0.725. The number of methoxy groups -OCH3 is 1. The van der Waals surface area contributed by atoms with Gasteiger partial charge < -0.3 is 10.1 Å². The lowest BCUT2D eigenvalue weighted by Gasteiger charge is -2.10. The number of halogens is 1. The molecule has 0 atom stereocenters. The molecule has 3 aromatic rings. The van der Waals surface area contributed by atoms with Crippen molar-refractivity contribution >= 4 is 16.8 Å². The molecule has 0 bridgehead atoms. The van der Waals surface area contributed by atoms with E-state index in [0.29, 0.717) is 25.0 Å². The number of rotatable bonds is 6. The Morgan fingerprint density at radius 1 is 1.22 bits per heavy atom. The maximum absolute atomic E-state index is 13.6. The molecule has 27 heavy (non-hydrogen) atoms. The molecule has 3 rings (SSSR count). The van der Waals surface area contributed by atoms with Crippen LogP contribution >= 0.6 is 0 Å². The second kappa shape index (κ2) is 7.99. The fourth-order valence-electron chi connectivity index (χ4n) is 2.85. The number of carbonyl (C=O) groups is 1. The van der Waals surface area contributed by atoms with Crippen LogP contribution in [0.4, 0.5) is 4.39 Å². The summed E-state index contributed by atoms with van der Waals surface area (Å²) in [6, 6.07) is 11.4. The van der Waals surface area contributed by atoms with Gasteiger partial charge in [0.15, 0.2) is 5.69 Å². The molecule has 1 amide bonds. The summed E-state index contributed by atoms with van der Waals surface area (Å²) >= 11 is 0. The fourth-order valence-corrected chi connectivity index (χ4v) is 2.85. The molecule has 6 nitrogen and oxygen atoms in total. The van der Waals surface area contributed by atoms with Crippen molar-refractivity contribution in [1.82, 2.24) is 15.1 Å². The smallest absolute Gasteiger partial charge is 0.275 e. The largest absolute Gasteiger partial charge is 0.497 e. The molecule has 0 fully saturated rings. The first-order valence-corrected chi connectivity index (χ1v) is 8.65. The number of amides is 1. The van der Waals surface area contributed by atoms with Gasteiger partial charge in [0.1, 0.15) is 11.6 Å². The van der Waals surface area contributed by atoms with Crippen LogP contribution in [0.2, 0.25) is 0 Å². The second-order valence-corrected chi connectivity index (χ2v) is 6.01. The van der Waals surface area contributed by atoms with Crippen molar-refractivity contribution in [3.63, 3.8) is 0 Å². The minimum Gasteiger partial charge on any atom is -0.497 e. The van der Waals surface area contributed by atoms with Crippen molar-refractivity contribution in [2.75, 3.05) is 13.7 Å². The molecule has 140 valence electrons. The number of fused-ring (bicyclic) bond motifs is 1. The van der Waals surface area contributed by atoms with Crippen LogP contribution in [0, 0.1) is 5.82 Å². The summed E-state index contributed by atoms with van der Waals surface area (Å²) in [6.45, 7) is 2.64. The van der Waals surface area contributed by atoms with Crippen LogP contribution < -0.4 is 15.5 Å². The fraction of sp³-hybridized carbons (Fsp3) is 0.250. The van der Waals surface area contributed by atoms with Crippen molar-refractivity contribution in [2.24, 2.45) is 0 Å². The number of aryl methyl sites for hydroxylation is 1. The standard InChI is InChI=1S/C20H20FN3O3/c1-3-24-17-9-6-14(21)12-16(17)19(25)18(23-24)20(26)22-11-10-13-4-7-15(27-2)8-5-13/h4-9,12H,3,10-11H2,1-2H3,(H,22,26). The van der Waals surface area contributed by atoms with Gasteiger partial charge in [-0.2, -0.15) is 5.10 Å². The van der Waals surface area contributed by atoms with Crippen LogP contribution in [0.15, 0.2) is 47.3 Å². The lowest BCUT2D eigenvalue weighted by atomic mass is 10.1. The summed E-state index contributed by atoms with van der Waals surface area (Å²) in [7, 11) is 1.60. The molecule has 0 aliphatic carbocycles. The number of nitrogens with one attached hydrogen (secondary N) is 1. The van der Waals surface area contributed by atoms with Crippen LogP contribution in [-0.4, -0.2) is 29.3 Å². The predicted octanol–water partition coefficient (Wildman–Crippen LogP) is 2.54. The molecule has 0 saturated heterocycles. The van der Waals surface area contributed by atoms with E-state index in [1.54, 1.807) is 7.11 Å². The van der Waals surface area contributed by atoms with Crippen LogP contribution in [-0.2, 0) is 13.0 Å². The van der Waals surface area contributed by atoms with Crippen LogP contribution in [0.3, 0.4) is 0 Å². The van der Waals surface area contributed by atoms with Gasteiger partial charge in [-0.15, -0.1) is 0 Å². The number of nitrogens with zero attached hydrogens (tertiary/aromatic N) is 2. The van der Waals surface area contributed by atoms with Crippen molar-refractivity contribution in [3.8, 4) is 5.75 Å². The molecule has 0 aliphatic rings. The number of hydrogen-bond donors (Lipinski definition) is 1. The Morgan fingerprint density at radius 2 is 1.96 bits per heavy atom. The van der Waals surface area contributed by atoms with Crippen molar-refractivity contribution in [2.45, 2.75) is 19.9 Å². The third-order valence-electron chi connectivity index (χ3n) is 4.29. The summed E-state index contributed by atoms with van der Waals surface area (Å²) in [5.74, 6) is -0.336. The summed E-state index contributed by atoms with van der Waals surface area (Å²) in [6.07, 6.45) is 0.597. The van der Waals surface area contributed by atoms with Crippen LogP contribution in [0.25, 0.3) is 10.9 Å². The predicted molar refractivity (Wildman–Crippen MR) is 101 cm³/mol. The van der Waals surface area contributed by atoms with E-state index < -0.39 is 17.2 Å². The minimum atomic E-state index is -0.573. The molecule has 0 saturated carbocycles. The molecule has 1 heterocycles. The van der Waals surface area contributed by atoms with Crippen molar-refractivity contribution in [3.05, 3.63) is 69.8 Å². The molecular formula is C20H20FN3O3. The Bertz CT molecular complexity index is 1030. The van der Waals surface area contributed by atoms with E-state index in [4.69, 9.17) is 4.74 Å². The summed E-state index contributed by atoms with van der Waals surface area (Å²) in [5.41, 5.74) is 0.718. The van der Waals surface area contributed by atoms with E-state index in [1.165, 1.54) is 16.8 Å². The summed E-state index contributed by atoms with van der Waals surface area (Å²) < 4.78 is 20.2. The van der Waals surface area contributed by atoms with E-state index in [-0.39, 0.29) is 11.1 Å². The first kappa shape index (κ1) is 18.6. The van der Waals surface area contributed by atoms with Gasteiger partial charge in [0.25, 0.3) is 5.91 Å². The van der Waals surface area contributed by atoms with E-state index >= 15 is 0 Å². The third kappa shape index (κ3) is 3.97. The zero-order valence-electron chi connectivity index (χ0n) is 15.2. The molecule has 0 aliphatic heterocycles. The number of ether oxygens (including phenoxy) is 1. The van der Waals surface area contributed by atoms with Crippen LogP contribution in [0.5, 0.6) is 5.75 Å². The highest BCUT2D eigenvalue weighted by atomic mass is 19.1. The first-order chi connectivity index (χ1) is 13.0. The Morgan fingerprint density at radius 3 is 2.63 bits per heavy atom. The number of carbonyl (C=O) groups excluding carboxylic acids is 1. The molecule has 0 radical (unpaired) electrons. The summed E-state index contributed by atoms with van der Waals surface area (Å²) in [4.78, 5) is 25.0. The number of hydrogen-bond acceptors (Lipinski definition) is 4. The van der Waals surface area contributed by atoms with Gasteiger partial charge in [-0.25, -0.2) is 4.39 Å². The first-order valence-electron chi connectivity index (χ1n) is 8.65. The van der Waals surface area contributed by atoms with Gasteiger partial charge in [-0.05, 0) is 49.2 Å². The average Bonchev–Trinajstić information content (AvgIpc) is 2.69. The number of aromatic nitrogens is 2. The maximum atomic E-state index is 13.6. The Labute approximate surface area is 155 Å². The average molecular weight is 369 g/mol. The van der Waals surface area contributed by atoms with Crippen LogP contribution in [0.1, 0.15) is 23.0 Å². The molecule has 1 aromatic heterocycles. The highest BCUT2D eigenvalue weighted by molar-refractivity contribution is 5.95. The lowest BCUT2D eigenvalue weighted by Crippen LogP contribution is -2.33. The molecule has 0 spiro atoms. The van der Waals surface area contributed by atoms with E-state index in [2.05, 4.69) is 10.4 Å². The highest BCUT2D eigenvalue weighted by Gasteiger charge is 2.17. The van der Waals surface area contributed by atoms with Crippen molar-refractivity contribution in [1.29, 1.82) is 0 Å². The highest BCUT2D eigenvalue weighted by Crippen LogP contribution is 2.13. The molecule has 2 aromatic carbocycles. The van der Waals surface area contributed by atoms with Crippen molar-refractivity contribution < 1.29 is 13.9 Å². The summed E-state index contributed by atoms with van der Waals surface area (Å²) in [5, 5.41) is 7.00. The van der Waals surface area contributed by atoms with Gasteiger partial charge in [0.2, 0.25) is 5.43 Å². The normalized spacial score (nSPS) is 10.8. The van der Waals surface area contributed by atoms with E-state index in [9.17, 15) is 14.0 Å². The Hall–Kier alpha value is -3.22. The Balaban J connectivity index is 1.78. The zero-order chi connectivity index (χ0) is 19.4. The van der Waals surface area contributed by atoms with E-state index in [0.717, 1.165) is 17.4 Å². The van der Waals surface area contributed by atoms with Gasteiger partial charge >= 0.3 is 0 Å². The van der Waals surface area contributed by atoms with Gasteiger partial charge in [-0.1, -0.05) is 12.1 Å². The molecule has 7 heteroatoms. The minimum absolute atomic E-state index is 0.146. The molecule has 1 N–H and O–H groups in total. The van der Waals surface area contributed by atoms with E-state index in [1.807, 2.05) is 31.2 Å².